The van der Waals surface area contributed by atoms with Crippen LogP contribution in [0.1, 0.15) is 29.7 Å². The molecule has 1 aliphatic rings. The van der Waals surface area contributed by atoms with Crippen molar-refractivity contribution in [3.63, 3.8) is 0 Å². The number of rotatable bonds is 7. The highest BCUT2D eigenvalue weighted by atomic mass is 16.2. The fourth-order valence-electron chi connectivity index (χ4n) is 3.95. The molecule has 4 heterocycles. The molecule has 1 fully saturated rings. The van der Waals surface area contributed by atoms with Gasteiger partial charge in [0.05, 0.1) is 11.9 Å². The van der Waals surface area contributed by atoms with Crippen LogP contribution in [0, 0.1) is 12.3 Å². The molecule has 0 saturated carbocycles. The molecule has 3 aromatic heterocycles. The zero-order chi connectivity index (χ0) is 23.0. The van der Waals surface area contributed by atoms with E-state index in [1.54, 1.807) is 24.7 Å². The molecule has 0 aromatic carbocycles. The predicted octanol–water partition coefficient (Wildman–Crippen LogP) is 3.71. The van der Waals surface area contributed by atoms with Gasteiger partial charge in [-0.05, 0) is 56.1 Å². The van der Waals surface area contributed by atoms with Crippen LogP contribution in [0.5, 0.6) is 0 Å². The summed E-state index contributed by atoms with van der Waals surface area (Å²) in [5.74, 6) is 0.394. The highest BCUT2D eigenvalue weighted by molar-refractivity contribution is 5.92. The summed E-state index contributed by atoms with van der Waals surface area (Å²) in [4.78, 5) is 27.6. The molecule has 3 aromatic rings. The van der Waals surface area contributed by atoms with E-state index >= 15 is 0 Å². The highest BCUT2D eigenvalue weighted by Crippen LogP contribution is 2.21. The van der Waals surface area contributed by atoms with Crippen molar-refractivity contribution >= 4 is 29.4 Å². The van der Waals surface area contributed by atoms with E-state index in [4.69, 9.17) is 5.41 Å². The van der Waals surface area contributed by atoms with Gasteiger partial charge in [0.2, 0.25) is 0 Å². The Balaban J connectivity index is 1.33. The van der Waals surface area contributed by atoms with Gasteiger partial charge in [-0.1, -0.05) is 6.07 Å². The molecule has 1 atom stereocenters. The molecule has 33 heavy (non-hydrogen) atoms. The Morgan fingerprint density at radius 2 is 2.15 bits per heavy atom. The van der Waals surface area contributed by atoms with Gasteiger partial charge in [-0.25, -0.2) is 9.78 Å². The number of piperidine rings is 1. The minimum Gasteiger partial charge on any atom is -0.354 e. The largest absolute Gasteiger partial charge is 0.354 e. The summed E-state index contributed by atoms with van der Waals surface area (Å²) >= 11 is 0. The Labute approximate surface area is 193 Å². The zero-order valence-corrected chi connectivity index (χ0v) is 18.6. The Morgan fingerprint density at radius 1 is 1.24 bits per heavy atom. The average Bonchev–Trinajstić information content (AvgIpc) is 2.81. The fraction of sp³-hybridized carbons (Fsp3) is 0.292. The van der Waals surface area contributed by atoms with Crippen molar-refractivity contribution in [2.75, 3.05) is 23.7 Å². The second kappa shape index (κ2) is 10.6. The smallest absolute Gasteiger partial charge is 0.320 e. The van der Waals surface area contributed by atoms with Gasteiger partial charge in [-0.15, -0.1) is 0 Å². The van der Waals surface area contributed by atoms with Crippen LogP contribution in [0.3, 0.4) is 0 Å². The molecule has 4 N–H and O–H groups in total. The van der Waals surface area contributed by atoms with Crippen LogP contribution in [0.2, 0.25) is 0 Å². The summed E-state index contributed by atoms with van der Waals surface area (Å²) in [6.45, 7) is 4.53. The predicted molar refractivity (Wildman–Crippen MR) is 129 cm³/mol. The first-order valence-corrected chi connectivity index (χ1v) is 11.0. The van der Waals surface area contributed by atoms with E-state index in [1.807, 2.05) is 31.3 Å². The number of hydrogen-bond donors (Lipinski definition) is 4. The summed E-state index contributed by atoms with van der Waals surface area (Å²) < 4.78 is 0. The summed E-state index contributed by atoms with van der Waals surface area (Å²) in [6, 6.07) is 9.22. The topological polar surface area (TPSA) is 119 Å². The van der Waals surface area contributed by atoms with Crippen molar-refractivity contribution in [1.29, 1.82) is 5.41 Å². The highest BCUT2D eigenvalue weighted by Gasteiger charge is 2.21. The summed E-state index contributed by atoms with van der Waals surface area (Å²) in [6.07, 6.45) is 10.2. The van der Waals surface area contributed by atoms with E-state index in [1.165, 1.54) is 11.8 Å². The second-order valence-corrected chi connectivity index (χ2v) is 8.15. The number of aryl methyl sites for hydroxylation is 1. The maximum atomic E-state index is 12.6. The van der Waals surface area contributed by atoms with Crippen molar-refractivity contribution < 1.29 is 4.79 Å². The van der Waals surface area contributed by atoms with Gasteiger partial charge >= 0.3 is 6.03 Å². The molecule has 4 rings (SSSR count). The molecule has 170 valence electrons. The molecule has 0 bridgehead atoms. The summed E-state index contributed by atoms with van der Waals surface area (Å²) in [7, 11) is 0. The number of urea groups is 1. The van der Waals surface area contributed by atoms with Crippen molar-refractivity contribution in [1.82, 2.24) is 25.2 Å². The van der Waals surface area contributed by atoms with Gasteiger partial charge in [0, 0.05) is 60.9 Å². The monoisotopic (exact) mass is 444 g/mol. The van der Waals surface area contributed by atoms with E-state index in [0.717, 1.165) is 43.9 Å². The normalized spacial score (nSPS) is 16.1. The average molecular weight is 445 g/mol. The number of nitrogens with zero attached hydrogens (tertiary/aromatic N) is 4. The fourth-order valence-corrected chi connectivity index (χ4v) is 3.95. The van der Waals surface area contributed by atoms with E-state index in [2.05, 4.69) is 41.9 Å². The maximum Gasteiger partial charge on any atom is 0.320 e. The van der Waals surface area contributed by atoms with Gasteiger partial charge in [-0.3, -0.25) is 20.2 Å². The van der Waals surface area contributed by atoms with Crippen LogP contribution < -0.4 is 16.0 Å². The summed E-state index contributed by atoms with van der Waals surface area (Å²) in [5.41, 5.74) is 4.22. The van der Waals surface area contributed by atoms with Crippen LogP contribution in [0.25, 0.3) is 0 Å². The Hall–Kier alpha value is -3.85. The number of carbonyl (C=O) groups excluding carboxylic acids is 1. The van der Waals surface area contributed by atoms with Crippen molar-refractivity contribution in [2.24, 2.45) is 0 Å². The first-order valence-electron chi connectivity index (χ1n) is 11.0. The maximum absolute atomic E-state index is 12.6. The number of aromatic nitrogens is 3. The molecule has 2 amide bonds. The van der Waals surface area contributed by atoms with Crippen molar-refractivity contribution in [3.8, 4) is 0 Å². The van der Waals surface area contributed by atoms with Gasteiger partial charge in [0.1, 0.15) is 5.82 Å². The number of amides is 2. The Morgan fingerprint density at radius 3 is 2.94 bits per heavy atom. The minimum atomic E-state index is -0.294. The van der Waals surface area contributed by atoms with Crippen LogP contribution in [-0.2, 0) is 6.54 Å². The Kier molecular flexibility index (Phi) is 7.21. The second-order valence-electron chi connectivity index (χ2n) is 8.15. The van der Waals surface area contributed by atoms with Gasteiger partial charge in [-0.2, -0.15) is 0 Å². The minimum absolute atomic E-state index is 0.0634. The lowest BCUT2D eigenvalue weighted by Crippen LogP contribution is -2.48. The number of likely N-dealkylation sites (tertiary alicyclic amines) is 1. The van der Waals surface area contributed by atoms with E-state index in [9.17, 15) is 4.79 Å². The molecule has 1 aliphatic heterocycles. The molecular formula is C24H28N8O. The van der Waals surface area contributed by atoms with Gasteiger partial charge in [0.25, 0.3) is 0 Å². The molecule has 9 nitrogen and oxygen atoms in total. The van der Waals surface area contributed by atoms with Crippen LogP contribution in [0.4, 0.5) is 22.0 Å². The third-order valence-corrected chi connectivity index (χ3v) is 5.48. The van der Waals surface area contributed by atoms with E-state index in [0.29, 0.717) is 17.1 Å². The van der Waals surface area contributed by atoms with Crippen molar-refractivity contribution in [3.05, 3.63) is 71.9 Å². The number of pyridine rings is 3. The van der Waals surface area contributed by atoms with Crippen molar-refractivity contribution in [2.45, 2.75) is 32.4 Å². The Bertz CT molecular complexity index is 1100. The number of anilines is 3. The molecule has 0 aliphatic carbocycles. The van der Waals surface area contributed by atoms with Gasteiger partial charge in [0.15, 0.2) is 0 Å². The number of hydrogen-bond acceptors (Lipinski definition) is 7. The summed E-state index contributed by atoms with van der Waals surface area (Å²) in [5, 5.41) is 16.8. The number of nitrogens with one attached hydrogen (secondary N) is 4. The SMILES string of the molecule is Cc1cc(Nc2cnc(NC(=O)NC3CCCN(Cc4cccnc4)C3)cc2C=N)ccn1. The standard InChI is InChI=1S/C24H28N8O/c1-17-10-20(6-8-27-17)29-22-14-28-23(11-19(22)12-25)31-24(33)30-21-5-3-9-32(16-21)15-18-4-2-7-26-13-18/h2,4,6-8,10-14,21,25H,3,5,9,15-16H2,1H3,(H,27,29)(H2,28,30,31,33). The van der Waals surface area contributed by atoms with E-state index in [-0.39, 0.29) is 12.1 Å². The quantitative estimate of drug-likeness (QED) is 0.413. The first kappa shape index (κ1) is 22.3. The zero-order valence-electron chi connectivity index (χ0n) is 18.6. The van der Waals surface area contributed by atoms with Crippen LogP contribution in [-0.4, -0.2) is 51.2 Å². The lowest BCUT2D eigenvalue weighted by Gasteiger charge is -2.33. The number of carbonyl (C=O) groups is 1. The molecule has 1 unspecified atom stereocenters. The molecule has 9 heteroatoms. The lowest BCUT2D eigenvalue weighted by molar-refractivity contribution is 0.183. The molecule has 0 spiro atoms. The lowest BCUT2D eigenvalue weighted by atomic mass is 10.1. The molecule has 0 radical (unpaired) electrons. The van der Waals surface area contributed by atoms with E-state index < -0.39 is 0 Å². The molecule has 1 saturated heterocycles. The van der Waals surface area contributed by atoms with Gasteiger partial charge < -0.3 is 16.0 Å². The van der Waals surface area contributed by atoms with Crippen LogP contribution in [0.15, 0.2) is 55.1 Å². The third-order valence-electron chi connectivity index (χ3n) is 5.48. The van der Waals surface area contributed by atoms with Crippen LogP contribution >= 0.6 is 0 Å². The first-order chi connectivity index (χ1) is 16.1. The third kappa shape index (κ3) is 6.33. The molecular weight excluding hydrogens is 416 g/mol.